The van der Waals surface area contributed by atoms with E-state index in [1.807, 2.05) is 17.5 Å². The molecule has 0 saturated heterocycles. The fourth-order valence-electron chi connectivity index (χ4n) is 2.29. The van der Waals surface area contributed by atoms with Crippen molar-refractivity contribution in [3.05, 3.63) is 70.7 Å². The number of aliphatic hydroxyl groups is 1. The molecule has 0 aliphatic carbocycles. The van der Waals surface area contributed by atoms with Gasteiger partial charge in [0, 0.05) is 10.4 Å². The smallest absolute Gasteiger partial charge is 0.309 e. The fraction of sp³-hybridized carbons (Fsp3) is 0.176. The van der Waals surface area contributed by atoms with Crippen LogP contribution in [0.25, 0.3) is 0 Å². The van der Waals surface area contributed by atoms with Crippen molar-refractivity contribution in [1.82, 2.24) is 10.6 Å². The molecule has 3 aromatic heterocycles. The van der Waals surface area contributed by atoms with Gasteiger partial charge in [-0.25, -0.2) is 0 Å². The summed E-state index contributed by atoms with van der Waals surface area (Å²) in [6.45, 7) is 0.0272. The first-order chi connectivity index (χ1) is 12.1. The van der Waals surface area contributed by atoms with E-state index >= 15 is 0 Å². The van der Waals surface area contributed by atoms with Gasteiger partial charge in [0.15, 0.2) is 5.60 Å². The molecule has 0 radical (unpaired) electrons. The van der Waals surface area contributed by atoms with E-state index in [1.165, 1.54) is 30.1 Å². The third kappa shape index (κ3) is 3.81. The minimum Gasteiger partial charge on any atom is -0.472 e. The van der Waals surface area contributed by atoms with Crippen LogP contribution in [0.2, 0.25) is 0 Å². The molecule has 25 heavy (non-hydrogen) atoms. The lowest BCUT2D eigenvalue weighted by Crippen LogP contribution is -2.46. The molecule has 0 fully saturated rings. The Morgan fingerprint density at radius 3 is 2.60 bits per heavy atom. The number of thiophene rings is 1. The maximum Gasteiger partial charge on any atom is 0.309 e. The molecule has 0 bridgehead atoms. The maximum atomic E-state index is 12.0. The molecule has 8 heteroatoms. The van der Waals surface area contributed by atoms with Gasteiger partial charge in [-0.15, -0.1) is 11.3 Å². The van der Waals surface area contributed by atoms with Crippen molar-refractivity contribution in [3.63, 3.8) is 0 Å². The Kier molecular flexibility index (Phi) is 5.01. The quantitative estimate of drug-likeness (QED) is 0.579. The summed E-state index contributed by atoms with van der Waals surface area (Å²) < 4.78 is 10.3. The predicted octanol–water partition coefficient (Wildman–Crippen LogP) is 1.60. The molecule has 0 saturated carbocycles. The van der Waals surface area contributed by atoms with Gasteiger partial charge in [0.2, 0.25) is 0 Å². The standard InChI is InChI=1S/C17H16N2O5S/c20-15(18-9-13-3-2-8-25-13)16(21)19-11-17(22,12-5-7-23-10-12)14-4-1-6-24-14/h1-8,10,22H,9,11H2,(H,18,20)(H,19,21). The summed E-state index contributed by atoms with van der Waals surface area (Å²) >= 11 is 1.48. The van der Waals surface area contributed by atoms with Crippen LogP contribution >= 0.6 is 11.3 Å². The van der Waals surface area contributed by atoms with Crippen molar-refractivity contribution in [2.24, 2.45) is 0 Å². The highest BCUT2D eigenvalue weighted by atomic mass is 32.1. The highest BCUT2D eigenvalue weighted by molar-refractivity contribution is 7.09. The lowest BCUT2D eigenvalue weighted by molar-refractivity contribution is -0.139. The molecular formula is C17H16N2O5S. The molecule has 3 aromatic rings. The van der Waals surface area contributed by atoms with Gasteiger partial charge in [0.05, 0.1) is 31.9 Å². The first-order valence-corrected chi connectivity index (χ1v) is 8.35. The van der Waals surface area contributed by atoms with Crippen LogP contribution in [0.3, 0.4) is 0 Å². The molecule has 3 heterocycles. The number of hydrogen-bond donors (Lipinski definition) is 3. The zero-order chi connectivity index (χ0) is 17.7. The second kappa shape index (κ2) is 7.37. The van der Waals surface area contributed by atoms with Gasteiger partial charge in [0.1, 0.15) is 5.76 Å². The Labute approximate surface area is 147 Å². The normalized spacial score (nSPS) is 13.2. The van der Waals surface area contributed by atoms with Gasteiger partial charge < -0.3 is 24.6 Å². The lowest BCUT2D eigenvalue weighted by Gasteiger charge is -2.25. The van der Waals surface area contributed by atoms with Gasteiger partial charge in [-0.05, 0) is 29.6 Å². The van der Waals surface area contributed by atoms with E-state index < -0.39 is 17.4 Å². The summed E-state index contributed by atoms with van der Waals surface area (Å²) in [5.74, 6) is -1.39. The first-order valence-electron chi connectivity index (χ1n) is 7.47. The van der Waals surface area contributed by atoms with Crippen LogP contribution in [0.4, 0.5) is 0 Å². The van der Waals surface area contributed by atoms with E-state index in [2.05, 4.69) is 10.6 Å². The van der Waals surface area contributed by atoms with Crippen molar-refractivity contribution < 1.29 is 23.5 Å². The predicted molar refractivity (Wildman–Crippen MR) is 89.6 cm³/mol. The molecule has 7 nitrogen and oxygen atoms in total. The van der Waals surface area contributed by atoms with Crippen LogP contribution in [-0.2, 0) is 21.7 Å². The largest absolute Gasteiger partial charge is 0.472 e. The monoisotopic (exact) mass is 360 g/mol. The van der Waals surface area contributed by atoms with Crippen molar-refractivity contribution in [1.29, 1.82) is 0 Å². The lowest BCUT2D eigenvalue weighted by atomic mass is 9.93. The zero-order valence-electron chi connectivity index (χ0n) is 13.1. The Hall–Kier alpha value is -2.84. The molecule has 0 aliphatic rings. The van der Waals surface area contributed by atoms with Crippen LogP contribution in [0.1, 0.15) is 16.2 Å². The Balaban J connectivity index is 1.63. The van der Waals surface area contributed by atoms with Crippen LogP contribution < -0.4 is 10.6 Å². The number of rotatable bonds is 6. The highest BCUT2D eigenvalue weighted by Gasteiger charge is 2.36. The number of hydrogen-bond acceptors (Lipinski definition) is 6. The van der Waals surface area contributed by atoms with E-state index in [4.69, 9.17) is 8.83 Å². The van der Waals surface area contributed by atoms with Crippen LogP contribution in [-0.4, -0.2) is 23.5 Å². The van der Waals surface area contributed by atoms with E-state index in [0.717, 1.165) is 4.88 Å². The van der Waals surface area contributed by atoms with Crippen LogP contribution in [0, 0.1) is 0 Å². The molecule has 1 atom stereocenters. The number of nitrogens with one attached hydrogen (secondary N) is 2. The number of carbonyl (C=O) groups excluding carboxylic acids is 2. The molecule has 130 valence electrons. The summed E-state index contributed by atoms with van der Waals surface area (Å²) in [7, 11) is 0. The summed E-state index contributed by atoms with van der Waals surface area (Å²) in [6, 6.07) is 8.48. The van der Waals surface area contributed by atoms with Crippen LogP contribution in [0.15, 0.2) is 63.3 Å². The molecule has 1 unspecified atom stereocenters. The SMILES string of the molecule is O=C(NCc1cccs1)C(=O)NCC(O)(c1ccoc1)c1ccco1. The van der Waals surface area contributed by atoms with Crippen LogP contribution in [0.5, 0.6) is 0 Å². The Bertz CT molecular complexity index is 775. The average Bonchev–Trinajstić information content (AvgIpc) is 3.38. The maximum absolute atomic E-state index is 12.0. The second-order valence-corrected chi connectivity index (χ2v) is 6.33. The van der Waals surface area contributed by atoms with E-state index in [0.29, 0.717) is 5.56 Å². The summed E-state index contributed by atoms with van der Waals surface area (Å²) in [5.41, 5.74) is -1.23. The summed E-state index contributed by atoms with van der Waals surface area (Å²) in [5, 5.41) is 17.8. The average molecular weight is 360 g/mol. The van der Waals surface area contributed by atoms with Gasteiger partial charge >= 0.3 is 11.8 Å². The second-order valence-electron chi connectivity index (χ2n) is 5.29. The van der Waals surface area contributed by atoms with Gasteiger partial charge in [0.25, 0.3) is 0 Å². The molecule has 0 aliphatic heterocycles. The molecule has 0 aromatic carbocycles. The Morgan fingerprint density at radius 1 is 1.12 bits per heavy atom. The van der Waals surface area contributed by atoms with E-state index in [-0.39, 0.29) is 18.8 Å². The highest BCUT2D eigenvalue weighted by Crippen LogP contribution is 2.29. The fourth-order valence-corrected chi connectivity index (χ4v) is 2.94. The molecule has 3 rings (SSSR count). The minimum absolute atomic E-state index is 0.230. The first kappa shape index (κ1) is 17.0. The Morgan fingerprint density at radius 2 is 1.96 bits per heavy atom. The van der Waals surface area contributed by atoms with Gasteiger partial charge in [-0.2, -0.15) is 0 Å². The topological polar surface area (TPSA) is 105 Å². The van der Waals surface area contributed by atoms with Gasteiger partial charge in [-0.1, -0.05) is 6.07 Å². The summed E-state index contributed by atoms with van der Waals surface area (Å²) in [4.78, 5) is 24.8. The summed E-state index contributed by atoms with van der Waals surface area (Å²) in [6.07, 6.45) is 4.17. The third-order valence-electron chi connectivity index (χ3n) is 3.64. The number of amides is 2. The van der Waals surface area contributed by atoms with Gasteiger partial charge in [-0.3, -0.25) is 9.59 Å². The van der Waals surface area contributed by atoms with E-state index in [9.17, 15) is 14.7 Å². The van der Waals surface area contributed by atoms with Crippen molar-refractivity contribution in [3.8, 4) is 0 Å². The minimum atomic E-state index is -1.64. The molecule has 2 amide bonds. The number of furan rings is 2. The van der Waals surface area contributed by atoms with E-state index in [1.54, 1.807) is 18.2 Å². The van der Waals surface area contributed by atoms with Crippen molar-refractivity contribution in [2.45, 2.75) is 12.1 Å². The van der Waals surface area contributed by atoms with Crippen molar-refractivity contribution in [2.75, 3.05) is 6.54 Å². The third-order valence-corrected chi connectivity index (χ3v) is 4.52. The zero-order valence-corrected chi connectivity index (χ0v) is 13.9. The molecule has 3 N–H and O–H groups in total. The van der Waals surface area contributed by atoms with Crippen molar-refractivity contribution >= 4 is 23.2 Å². The number of carbonyl (C=O) groups is 2. The molecule has 0 spiro atoms. The molecular weight excluding hydrogens is 344 g/mol.